The second-order valence-corrected chi connectivity index (χ2v) is 13.1. The van der Waals surface area contributed by atoms with Crippen molar-refractivity contribution in [1.82, 2.24) is 19.9 Å². The van der Waals surface area contributed by atoms with Crippen LogP contribution in [0.25, 0.3) is 65.8 Å². The van der Waals surface area contributed by atoms with Crippen LogP contribution in [0.5, 0.6) is 0 Å². The monoisotopic (exact) mass is 560 g/mol. The first-order valence-corrected chi connectivity index (χ1v) is 15.2. The van der Waals surface area contributed by atoms with E-state index in [1.165, 1.54) is 65.9 Å². The quantitative estimate of drug-likeness (QED) is 0.185. The Labute approximate surface area is 251 Å². The van der Waals surface area contributed by atoms with Gasteiger partial charge in [-0.25, -0.2) is 9.97 Å². The first kappa shape index (κ1) is 26.0. The van der Waals surface area contributed by atoms with Crippen LogP contribution in [-0.2, 0) is 5.41 Å². The van der Waals surface area contributed by atoms with Gasteiger partial charge in [-0.3, -0.25) is 0 Å². The van der Waals surface area contributed by atoms with E-state index in [1.54, 1.807) is 0 Å². The van der Waals surface area contributed by atoms with Gasteiger partial charge >= 0.3 is 0 Å². The van der Waals surface area contributed by atoms with Crippen molar-refractivity contribution < 1.29 is 0 Å². The van der Waals surface area contributed by atoms with Crippen LogP contribution in [0.1, 0.15) is 86.7 Å². The lowest BCUT2D eigenvalue weighted by molar-refractivity contribution is 0.647. The van der Waals surface area contributed by atoms with E-state index in [2.05, 4.69) is 126 Å². The molecule has 5 aromatic rings. The molecule has 3 aliphatic rings. The summed E-state index contributed by atoms with van der Waals surface area (Å²) in [4.78, 5) is 18.2. The van der Waals surface area contributed by atoms with Gasteiger partial charge < -0.3 is 9.97 Å². The molecule has 4 nitrogen and oxygen atoms in total. The molecule has 5 heterocycles. The average Bonchev–Trinajstić information content (AvgIpc) is 3.61. The summed E-state index contributed by atoms with van der Waals surface area (Å²) >= 11 is 0. The van der Waals surface area contributed by atoms with Gasteiger partial charge in [-0.05, 0) is 126 Å². The highest BCUT2D eigenvalue weighted by Gasteiger charge is 2.33. The maximum atomic E-state index is 5.41. The van der Waals surface area contributed by atoms with Crippen molar-refractivity contribution in [3.8, 4) is 0 Å². The van der Waals surface area contributed by atoms with Gasteiger partial charge in [-0.1, -0.05) is 50.2 Å². The summed E-state index contributed by atoms with van der Waals surface area (Å²) in [5.41, 5.74) is 17.0. The lowest BCUT2D eigenvalue weighted by Crippen LogP contribution is -2.15. The Hall–Kier alpha value is -4.70. The third-order valence-corrected chi connectivity index (χ3v) is 10.5. The Morgan fingerprint density at radius 2 is 1.21 bits per heavy atom. The summed E-state index contributed by atoms with van der Waals surface area (Å²) in [6, 6.07) is 22.4. The summed E-state index contributed by atoms with van der Waals surface area (Å²) < 4.78 is 0. The highest BCUT2D eigenvalue weighted by atomic mass is 14.8. The normalized spacial score (nSPS) is 15.4. The number of aromatic nitrogens is 4. The van der Waals surface area contributed by atoms with Gasteiger partial charge in [0.25, 0.3) is 0 Å². The molecular weight excluding hydrogens is 524 g/mol. The number of rotatable bonds is 0. The van der Waals surface area contributed by atoms with Gasteiger partial charge in [0.2, 0.25) is 0 Å². The van der Waals surface area contributed by atoms with Crippen molar-refractivity contribution in [1.29, 1.82) is 0 Å². The zero-order valence-electron chi connectivity index (χ0n) is 26.2. The molecule has 3 aliphatic heterocycles. The van der Waals surface area contributed by atoms with E-state index in [-0.39, 0.29) is 5.41 Å². The van der Waals surface area contributed by atoms with E-state index in [1.807, 2.05) is 0 Å². The Morgan fingerprint density at radius 3 is 1.93 bits per heavy atom. The summed E-state index contributed by atoms with van der Waals surface area (Å²) in [6.45, 7) is 17.8. The molecular formula is C39H36N4. The van der Waals surface area contributed by atoms with Gasteiger partial charge in [0, 0.05) is 27.5 Å². The summed E-state index contributed by atoms with van der Waals surface area (Å²) in [5.74, 6) is 0. The van der Waals surface area contributed by atoms with E-state index >= 15 is 0 Å². The van der Waals surface area contributed by atoms with E-state index < -0.39 is 0 Å². The van der Waals surface area contributed by atoms with Gasteiger partial charge in [0.15, 0.2) is 0 Å². The Bertz CT molecular complexity index is 2370. The SMILES string of the molecule is CC1=C(C)c2cc3[nH]c(cc4nc(c5c6[nH]c(cc1n2)C(C)(C)c6cc1c2ccccc2ccc15)C(C)=C4C)c(C)c3C. The molecule has 43 heavy (non-hydrogen) atoms. The maximum absolute atomic E-state index is 5.41. The number of H-pyrrole nitrogens is 2. The fraction of sp³-hybridized carbons (Fsp3) is 0.231. The lowest BCUT2D eigenvalue weighted by Gasteiger charge is -2.21. The van der Waals surface area contributed by atoms with Crippen molar-refractivity contribution in [2.24, 2.45) is 0 Å². The molecule has 2 aromatic heterocycles. The molecule has 4 heteroatoms. The predicted molar refractivity (Wildman–Crippen MR) is 183 cm³/mol. The first-order valence-electron chi connectivity index (χ1n) is 15.2. The van der Waals surface area contributed by atoms with E-state index in [4.69, 9.17) is 9.97 Å². The van der Waals surface area contributed by atoms with Crippen LogP contribution in [0, 0.1) is 13.8 Å². The second kappa shape index (κ2) is 8.67. The van der Waals surface area contributed by atoms with Crippen LogP contribution < -0.4 is 0 Å². The van der Waals surface area contributed by atoms with E-state index in [0.29, 0.717) is 0 Å². The largest absolute Gasteiger partial charge is 0.357 e. The molecule has 0 saturated carbocycles. The fourth-order valence-corrected chi connectivity index (χ4v) is 7.12. The molecule has 0 atom stereocenters. The standard InChI is InChI=1S/C39H36N4/c1-19-20(2)32-17-33-23(5)24(6)37(42-33)36-27-14-13-25-11-9-10-12-26(25)28(27)15-29-38(36)43-35(39(29,7)8)18-34-22(4)21(3)31(41-34)16-30(19)40-32/h9-18,40,43H,1-8H3. The molecule has 3 aromatic carbocycles. The first-order chi connectivity index (χ1) is 20.5. The number of hydrogen-bond donors (Lipinski definition) is 2. The third kappa shape index (κ3) is 3.50. The van der Waals surface area contributed by atoms with Gasteiger partial charge in [0.05, 0.1) is 28.3 Å². The molecule has 0 fully saturated rings. The predicted octanol–water partition coefficient (Wildman–Crippen LogP) is 10.3. The van der Waals surface area contributed by atoms with Crippen molar-refractivity contribution >= 4 is 65.8 Å². The van der Waals surface area contributed by atoms with Gasteiger partial charge in [0.1, 0.15) is 0 Å². The van der Waals surface area contributed by atoms with Gasteiger partial charge in [-0.15, -0.1) is 0 Å². The topological polar surface area (TPSA) is 57.4 Å². The molecule has 8 rings (SSSR count). The Kier molecular flexibility index (Phi) is 5.23. The highest BCUT2D eigenvalue weighted by molar-refractivity contribution is 6.20. The minimum absolute atomic E-state index is 0.251. The summed E-state index contributed by atoms with van der Waals surface area (Å²) in [5, 5.41) is 6.19. The van der Waals surface area contributed by atoms with Crippen LogP contribution in [0.3, 0.4) is 0 Å². The summed E-state index contributed by atoms with van der Waals surface area (Å²) in [6.07, 6.45) is 0. The minimum atomic E-state index is -0.251. The molecule has 0 aliphatic carbocycles. The number of benzene rings is 3. The number of fused-ring (bicyclic) bond motifs is 12. The average molecular weight is 561 g/mol. The van der Waals surface area contributed by atoms with Crippen molar-refractivity contribution in [3.05, 3.63) is 106 Å². The molecule has 0 radical (unpaired) electrons. The molecule has 0 unspecified atom stereocenters. The highest BCUT2D eigenvalue weighted by Crippen LogP contribution is 2.46. The molecule has 0 amide bonds. The smallest absolute Gasteiger partial charge is 0.0769 e. The van der Waals surface area contributed by atoms with Crippen LogP contribution in [0.4, 0.5) is 0 Å². The molecule has 0 saturated heterocycles. The zero-order chi connectivity index (χ0) is 29.9. The molecule has 212 valence electrons. The fourth-order valence-electron chi connectivity index (χ4n) is 7.12. The third-order valence-electron chi connectivity index (χ3n) is 10.5. The lowest BCUT2D eigenvalue weighted by atomic mass is 9.80. The number of allylic oxidation sites excluding steroid dienone is 4. The second-order valence-electron chi connectivity index (χ2n) is 13.1. The molecule has 2 N–H and O–H groups in total. The minimum Gasteiger partial charge on any atom is -0.357 e. The number of nitrogens with one attached hydrogen (secondary N) is 2. The van der Waals surface area contributed by atoms with E-state index in [9.17, 15) is 0 Å². The Balaban J connectivity index is 1.65. The number of aryl methyl sites for hydroxylation is 2. The summed E-state index contributed by atoms with van der Waals surface area (Å²) in [7, 11) is 0. The van der Waals surface area contributed by atoms with E-state index in [0.717, 1.165) is 45.0 Å². The van der Waals surface area contributed by atoms with Gasteiger partial charge in [-0.2, -0.15) is 0 Å². The Morgan fingerprint density at radius 1 is 0.581 bits per heavy atom. The van der Waals surface area contributed by atoms with Crippen molar-refractivity contribution in [2.45, 2.75) is 60.8 Å². The van der Waals surface area contributed by atoms with Crippen LogP contribution in [0.15, 0.2) is 60.7 Å². The number of nitrogens with zero attached hydrogens (tertiary/aromatic N) is 2. The van der Waals surface area contributed by atoms with Crippen molar-refractivity contribution in [3.63, 3.8) is 0 Å². The number of hydrogen-bond acceptors (Lipinski definition) is 2. The maximum Gasteiger partial charge on any atom is 0.0769 e. The van der Waals surface area contributed by atoms with Crippen LogP contribution >= 0.6 is 0 Å². The van der Waals surface area contributed by atoms with Crippen LogP contribution in [0.2, 0.25) is 0 Å². The molecule has 8 bridgehead atoms. The van der Waals surface area contributed by atoms with Crippen LogP contribution in [-0.4, -0.2) is 19.9 Å². The zero-order valence-corrected chi connectivity index (χ0v) is 26.2. The molecule has 0 spiro atoms. The number of aromatic amines is 2. The van der Waals surface area contributed by atoms with Crippen molar-refractivity contribution in [2.75, 3.05) is 0 Å².